The molecule has 0 atom stereocenters. The van der Waals surface area contributed by atoms with Crippen LogP contribution < -0.4 is 0 Å². The van der Waals surface area contributed by atoms with Crippen molar-refractivity contribution in [3.63, 3.8) is 0 Å². The second-order valence-electron chi connectivity index (χ2n) is 6.62. The topological polar surface area (TPSA) is 50.2 Å². The molecule has 0 bridgehead atoms. The predicted octanol–water partition coefficient (Wildman–Crippen LogP) is 3.98. The Balaban J connectivity index is 1.94. The number of hydrogen-bond donors (Lipinski definition) is 1. The average Bonchev–Trinajstić information content (AvgIpc) is 2.92. The van der Waals surface area contributed by atoms with E-state index >= 15 is 0 Å². The van der Waals surface area contributed by atoms with Crippen LogP contribution in [0.1, 0.15) is 53.7 Å². The molecule has 1 saturated carbocycles. The normalized spacial score (nSPS) is 19.8. The number of hydrogen-bond acceptors (Lipinski definition) is 2. The van der Waals surface area contributed by atoms with E-state index in [0.717, 1.165) is 35.0 Å². The van der Waals surface area contributed by atoms with Gasteiger partial charge >= 0.3 is 5.97 Å². The molecular formula is C18H19NO2. The Labute approximate surface area is 124 Å². The molecule has 0 saturated heterocycles. The molecule has 1 spiro atoms. The van der Waals surface area contributed by atoms with Gasteiger partial charge in [0.2, 0.25) is 0 Å². The van der Waals surface area contributed by atoms with E-state index in [1.165, 1.54) is 32.1 Å². The van der Waals surface area contributed by atoms with Crippen LogP contribution in [-0.2, 0) is 12.8 Å². The van der Waals surface area contributed by atoms with Crippen molar-refractivity contribution >= 4 is 16.9 Å². The summed E-state index contributed by atoms with van der Waals surface area (Å²) in [6.45, 7) is 0. The molecule has 1 N–H and O–H groups in total. The van der Waals surface area contributed by atoms with Gasteiger partial charge in [-0.1, -0.05) is 31.0 Å². The molecule has 3 nitrogen and oxygen atoms in total. The number of rotatable bonds is 1. The van der Waals surface area contributed by atoms with Gasteiger partial charge in [-0.05, 0) is 49.1 Å². The Morgan fingerprint density at radius 2 is 1.90 bits per heavy atom. The summed E-state index contributed by atoms with van der Waals surface area (Å²) in [5, 5.41) is 10.5. The Kier molecular flexibility index (Phi) is 2.78. The van der Waals surface area contributed by atoms with Crippen LogP contribution in [0.5, 0.6) is 0 Å². The second-order valence-corrected chi connectivity index (χ2v) is 6.62. The number of benzene rings is 1. The summed E-state index contributed by atoms with van der Waals surface area (Å²) in [6, 6.07) is 7.63. The third-order valence-electron chi connectivity index (χ3n) is 5.40. The van der Waals surface area contributed by atoms with Crippen LogP contribution in [0.25, 0.3) is 10.9 Å². The van der Waals surface area contributed by atoms with E-state index in [0.29, 0.717) is 11.0 Å². The van der Waals surface area contributed by atoms with E-state index in [-0.39, 0.29) is 0 Å². The molecule has 1 fully saturated rings. The molecule has 0 amide bonds. The Morgan fingerprint density at radius 1 is 1.14 bits per heavy atom. The zero-order valence-electron chi connectivity index (χ0n) is 12.1. The maximum Gasteiger partial charge on any atom is 0.336 e. The van der Waals surface area contributed by atoms with Crippen molar-refractivity contribution in [1.29, 1.82) is 0 Å². The van der Waals surface area contributed by atoms with Gasteiger partial charge in [-0.15, -0.1) is 0 Å². The lowest BCUT2D eigenvalue weighted by Crippen LogP contribution is -2.28. The van der Waals surface area contributed by atoms with Gasteiger partial charge in [-0.2, -0.15) is 0 Å². The third kappa shape index (κ3) is 1.95. The second kappa shape index (κ2) is 4.55. The summed E-state index contributed by atoms with van der Waals surface area (Å²) in [5.41, 5.74) is 3.69. The van der Waals surface area contributed by atoms with E-state index in [4.69, 9.17) is 4.98 Å². The molecule has 1 heterocycles. The first-order valence-electron chi connectivity index (χ1n) is 7.82. The first-order valence-corrected chi connectivity index (χ1v) is 7.82. The number of carboxylic acids is 1. The van der Waals surface area contributed by atoms with Crippen molar-refractivity contribution in [2.45, 2.75) is 44.9 Å². The van der Waals surface area contributed by atoms with Crippen LogP contribution in [-0.4, -0.2) is 16.1 Å². The van der Waals surface area contributed by atoms with E-state index in [9.17, 15) is 9.90 Å². The lowest BCUT2D eigenvalue weighted by molar-refractivity contribution is 0.0696. The molecule has 21 heavy (non-hydrogen) atoms. The van der Waals surface area contributed by atoms with Crippen LogP contribution in [0.4, 0.5) is 0 Å². The van der Waals surface area contributed by atoms with Crippen molar-refractivity contribution in [2.75, 3.05) is 0 Å². The van der Waals surface area contributed by atoms with E-state index in [2.05, 4.69) is 0 Å². The van der Waals surface area contributed by atoms with Gasteiger partial charge in [0, 0.05) is 11.1 Å². The number of aromatic nitrogens is 1. The molecule has 3 heteroatoms. The highest BCUT2D eigenvalue weighted by Gasteiger charge is 2.39. The van der Waals surface area contributed by atoms with Gasteiger partial charge in [-0.25, -0.2) is 4.79 Å². The van der Waals surface area contributed by atoms with E-state index in [1.807, 2.05) is 24.3 Å². The third-order valence-corrected chi connectivity index (χ3v) is 5.40. The summed E-state index contributed by atoms with van der Waals surface area (Å²) >= 11 is 0. The van der Waals surface area contributed by atoms with Gasteiger partial charge in [0.05, 0.1) is 11.1 Å². The smallest absolute Gasteiger partial charge is 0.336 e. The first kappa shape index (κ1) is 12.8. The van der Waals surface area contributed by atoms with E-state index in [1.54, 1.807) is 0 Å². The van der Waals surface area contributed by atoms with Crippen molar-refractivity contribution in [3.05, 3.63) is 41.1 Å². The van der Waals surface area contributed by atoms with Crippen LogP contribution in [0, 0.1) is 5.41 Å². The average molecular weight is 281 g/mol. The van der Waals surface area contributed by atoms with Gasteiger partial charge in [0.25, 0.3) is 0 Å². The number of fused-ring (bicyclic) bond motifs is 2. The first-order chi connectivity index (χ1) is 10.2. The largest absolute Gasteiger partial charge is 0.478 e. The van der Waals surface area contributed by atoms with Crippen molar-refractivity contribution in [3.8, 4) is 0 Å². The minimum Gasteiger partial charge on any atom is -0.478 e. The minimum absolute atomic E-state index is 0.349. The summed E-state index contributed by atoms with van der Waals surface area (Å²) in [4.78, 5) is 16.6. The highest BCUT2D eigenvalue weighted by Crippen LogP contribution is 2.48. The number of pyridine rings is 1. The molecule has 2 aliphatic rings. The molecule has 2 aliphatic carbocycles. The SMILES string of the molecule is O=C(O)c1c2c(nc3ccccc13)CCC1(CCCC1)C2. The van der Waals surface area contributed by atoms with Crippen molar-refractivity contribution in [2.24, 2.45) is 5.41 Å². The Hall–Kier alpha value is -1.90. The zero-order chi connectivity index (χ0) is 14.4. The van der Waals surface area contributed by atoms with Crippen LogP contribution >= 0.6 is 0 Å². The minimum atomic E-state index is -0.806. The number of carboxylic acid groups (broad SMARTS) is 1. The van der Waals surface area contributed by atoms with Crippen LogP contribution in [0.3, 0.4) is 0 Å². The standard InChI is InChI=1S/C18H19NO2/c20-17(21)16-12-5-1-2-6-14(12)19-15-7-10-18(11-13(15)16)8-3-4-9-18/h1-2,5-6H,3-4,7-11H2,(H,20,21). The van der Waals surface area contributed by atoms with Crippen molar-refractivity contribution < 1.29 is 9.90 Å². The fourth-order valence-electron chi connectivity index (χ4n) is 4.34. The summed E-state index contributed by atoms with van der Waals surface area (Å²) in [5.74, 6) is -0.806. The maximum absolute atomic E-state index is 11.9. The molecule has 108 valence electrons. The summed E-state index contributed by atoms with van der Waals surface area (Å²) < 4.78 is 0. The lowest BCUT2D eigenvalue weighted by Gasteiger charge is -2.35. The maximum atomic E-state index is 11.9. The number of nitrogens with zero attached hydrogens (tertiary/aromatic N) is 1. The summed E-state index contributed by atoms with van der Waals surface area (Å²) in [6.07, 6.45) is 8.08. The number of aromatic carboxylic acids is 1. The predicted molar refractivity (Wildman–Crippen MR) is 81.6 cm³/mol. The Morgan fingerprint density at radius 3 is 2.67 bits per heavy atom. The summed E-state index contributed by atoms with van der Waals surface area (Å²) in [7, 11) is 0. The fraction of sp³-hybridized carbons (Fsp3) is 0.444. The molecule has 1 aromatic carbocycles. The molecule has 0 radical (unpaired) electrons. The highest BCUT2D eigenvalue weighted by atomic mass is 16.4. The molecule has 0 aliphatic heterocycles. The molecule has 1 aromatic heterocycles. The lowest BCUT2D eigenvalue weighted by atomic mass is 9.70. The molecule has 0 unspecified atom stereocenters. The molecular weight excluding hydrogens is 262 g/mol. The quantitative estimate of drug-likeness (QED) is 0.860. The number of carbonyl (C=O) groups is 1. The van der Waals surface area contributed by atoms with E-state index < -0.39 is 5.97 Å². The van der Waals surface area contributed by atoms with Gasteiger partial charge < -0.3 is 5.11 Å². The number of aryl methyl sites for hydroxylation is 1. The zero-order valence-corrected chi connectivity index (χ0v) is 12.1. The monoisotopic (exact) mass is 281 g/mol. The highest BCUT2D eigenvalue weighted by molar-refractivity contribution is 6.04. The van der Waals surface area contributed by atoms with Crippen molar-refractivity contribution in [1.82, 2.24) is 4.98 Å². The van der Waals surface area contributed by atoms with Crippen LogP contribution in [0.15, 0.2) is 24.3 Å². The van der Waals surface area contributed by atoms with Gasteiger partial charge in [-0.3, -0.25) is 4.98 Å². The van der Waals surface area contributed by atoms with Gasteiger partial charge in [0.1, 0.15) is 0 Å². The Bertz CT molecular complexity index is 729. The molecule has 2 aromatic rings. The van der Waals surface area contributed by atoms with Gasteiger partial charge in [0.15, 0.2) is 0 Å². The fourth-order valence-corrected chi connectivity index (χ4v) is 4.34. The van der Waals surface area contributed by atoms with Crippen LogP contribution in [0.2, 0.25) is 0 Å². The number of para-hydroxylation sites is 1. The molecule has 4 rings (SSSR count).